The molecule has 2 heterocycles. The number of hydrogen-bond acceptors (Lipinski definition) is 8. The van der Waals surface area contributed by atoms with Crippen LogP contribution in [0.25, 0.3) is 0 Å². The first-order valence-electron chi connectivity index (χ1n) is 9.68. The van der Waals surface area contributed by atoms with Gasteiger partial charge in [-0.15, -0.1) is 0 Å². The Labute approximate surface area is 175 Å². The molecule has 2 rings (SSSR count). The summed E-state index contributed by atoms with van der Waals surface area (Å²) in [5.74, 6) is -1.22. The van der Waals surface area contributed by atoms with Gasteiger partial charge in [0.05, 0.1) is 6.61 Å². The Balaban J connectivity index is 2.40. The van der Waals surface area contributed by atoms with Gasteiger partial charge in [-0.2, -0.15) is 0 Å². The van der Waals surface area contributed by atoms with Crippen LogP contribution in [0, 0.1) is 0 Å². The predicted molar refractivity (Wildman–Crippen MR) is 109 cm³/mol. The standard InChI is InChI=1S/C19H30N2O8Si/c1-11(22)27-15-13(10-26-30(6,7)19(3,4)5)29-17(16(15)28-12(2)23)21-9-8-14(24)20-18(21)25/h8-9,13,15-17H,10H2,1-7H3,(H,20,24,25)/t13-,15?,16?,17-/m0/s1. The Morgan fingerprint density at radius 3 is 2.20 bits per heavy atom. The fraction of sp³-hybridized carbons (Fsp3) is 0.684. The van der Waals surface area contributed by atoms with E-state index in [1.165, 1.54) is 20.0 Å². The molecule has 1 fully saturated rings. The Hall–Kier alpha value is -2.24. The fourth-order valence-electron chi connectivity index (χ4n) is 2.85. The molecule has 0 aromatic carbocycles. The van der Waals surface area contributed by atoms with E-state index in [4.69, 9.17) is 18.6 Å². The molecule has 1 aromatic heterocycles. The van der Waals surface area contributed by atoms with E-state index in [-0.39, 0.29) is 11.6 Å². The number of aromatic nitrogens is 2. The number of ether oxygens (including phenoxy) is 3. The van der Waals surface area contributed by atoms with Gasteiger partial charge in [-0.3, -0.25) is 23.9 Å². The van der Waals surface area contributed by atoms with Crippen LogP contribution in [0.5, 0.6) is 0 Å². The lowest BCUT2D eigenvalue weighted by molar-refractivity contribution is -0.165. The minimum Gasteiger partial charge on any atom is -0.456 e. The van der Waals surface area contributed by atoms with E-state index in [2.05, 4.69) is 38.8 Å². The fourth-order valence-corrected chi connectivity index (χ4v) is 3.87. The summed E-state index contributed by atoms with van der Waals surface area (Å²) in [6.07, 6.45) is -2.72. The summed E-state index contributed by atoms with van der Waals surface area (Å²) in [6, 6.07) is 1.15. The first-order valence-corrected chi connectivity index (χ1v) is 12.6. The van der Waals surface area contributed by atoms with Gasteiger partial charge in [0.25, 0.3) is 5.56 Å². The summed E-state index contributed by atoms with van der Waals surface area (Å²) in [5.41, 5.74) is -1.31. The van der Waals surface area contributed by atoms with Crippen LogP contribution in [-0.4, -0.2) is 54.7 Å². The number of carbonyl (C=O) groups excluding carboxylic acids is 2. The molecule has 1 saturated heterocycles. The van der Waals surface area contributed by atoms with Gasteiger partial charge >= 0.3 is 17.6 Å². The maximum atomic E-state index is 12.3. The van der Waals surface area contributed by atoms with Gasteiger partial charge in [-0.25, -0.2) is 4.79 Å². The van der Waals surface area contributed by atoms with Crippen molar-refractivity contribution in [1.29, 1.82) is 0 Å². The van der Waals surface area contributed by atoms with Crippen LogP contribution >= 0.6 is 0 Å². The largest absolute Gasteiger partial charge is 0.456 e. The number of aromatic amines is 1. The summed E-state index contributed by atoms with van der Waals surface area (Å²) in [4.78, 5) is 49.3. The van der Waals surface area contributed by atoms with Gasteiger partial charge in [0.15, 0.2) is 26.8 Å². The number of esters is 2. The smallest absolute Gasteiger partial charge is 0.330 e. The van der Waals surface area contributed by atoms with Crippen LogP contribution in [0.3, 0.4) is 0 Å². The summed E-state index contributed by atoms with van der Waals surface area (Å²) in [6.45, 7) is 12.9. The molecule has 1 aliphatic heterocycles. The van der Waals surface area contributed by atoms with E-state index < -0.39 is 56.0 Å². The van der Waals surface area contributed by atoms with Gasteiger partial charge in [0.2, 0.25) is 0 Å². The van der Waals surface area contributed by atoms with Crippen molar-refractivity contribution in [2.75, 3.05) is 6.61 Å². The van der Waals surface area contributed by atoms with Gasteiger partial charge in [0, 0.05) is 26.1 Å². The highest BCUT2D eigenvalue weighted by Gasteiger charge is 2.51. The molecule has 0 radical (unpaired) electrons. The highest BCUT2D eigenvalue weighted by Crippen LogP contribution is 2.38. The van der Waals surface area contributed by atoms with Crippen LogP contribution in [0.15, 0.2) is 21.9 Å². The van der Waals surface area contributed by atoms with E-state index >= 15 is 0 Å². The molecule has 0 aliphatic carbocycles. The minimum atomic E-state index is -2.16. The highest BCUT2D eigenvalue weighted by molar-refractivity contribution is 6.74. The molecule has 30 heavy (non-hydrogen) atoms. The summed E-state index contributed by atoms with van der Waals surface area (Å²) in [7, 11) is -2.16. The number of H-pyrrole nitrogens is 1. The molecule has 10 nitrogen and oxygen atoms in total. The second-order valence-corrected chi connectivity index (χ2v) is 13.6. The Morgan fingerprint density at radius 2 is 1.70 bits per heavy atom. The molecular weight excluding hydrogens is 412 g/mol. The monoisotopic (exact) mass is 442 g/mol. The van der Waals surface area contributed by atoms with Gasteiger partial charge in [0.1, 0.15) is 6.10 Å². The molecule has 4 atom stereocenters. The van der Waals surface area contributed by atoms with Crippen LogP contribution in [0.4, 0.5) is 0 Å². The summed E-state index contributed by atoms with van der Waals surface area (Å²) in [5, 5.41) is -0.0624. The average molecular weight is 443 g/mol. The predicted octanol–water partition coefficient (Wildman–Crippen LogP) is 1.32. The Morgan fingerprint density at radius 1 is 1.13 bits per heavy atom. The first kappa shape index (κ1) is 24.0. The second-order valence-electron chi connectivity index (χ2n) is 8.80. The van der Waals surface area contributed by atoms with Crippen LogP contribution < -0.4 is 11.2 Å². The zero-order valence-electron chi connectivity index (χ0n) is 18.4. The van der Waals surface area contributed by atoms with Crippen molar-refractivity contribution in [2.24, 2.45) is 0 Å². The molecule has 168 valence electrons. The van der Waals surface area contributed by atoms with E-state index in [1.807, 2.05) is 0 Å². The summed E-state index contributed by atoms with van der Waals surface area (Å²) >= 11 is 0. The molecule has 0 saturated carbocycles. The van der Waals surface area contributed by atoms with Crippen LogP contribution in [0.1, 0.15) is 40.8 Å². The van der Waals surface area contributed by atoms with E-state index in [0.717, 1.165) is 10.6 Å². The lowest BCUT2D eigenvalue weighted by Gasteiger charge is -2.37. The molecule has 1 aliphatic rings. The highest BCUT2D eigenvalue weighted by atomic mass is 28.4. The molecule has 11 heteroatoms. The lowest BCUT2D eigenvalue weighted by Crippen LogP contribution is -2.46. The summed E-state index contributed by atoms with van der Waals surface area (Å²) < 4.78 is 24.1. The van der Waals surface area contributed by atoms with Crippen molar-refractivity contribution in [2.45, 2.75) is 77.3 Å². The number of hydrogen-bond donors (Lipinski definition) is 1. The molecule has 0 bridgehead atoms. The topological polar surface area (TPSA) is 126 Å². The van der Waals surface area contributed by atoms with Crippen molar-refractivity contribution < 1.29 is 28.2 Å². The number of nitrogens with zero attached hydrogens (tertiary/aromatic N) is 1. The van der Waals surface area contributed by atoms with Gasteiger partial charge in [-0.1, -0.05) is 20.8 Å². The SMILES string of the molecule is CC(=O)OC1C(OC(C)=O)[C@@H](n2ccc(=O)[nH]c2=O)O[C@H]1CO[Si](C)(C)C(C)(C)C. The number of nitrogens with one attached hydrogen (secondary N) is 1. The maximum Gasteiger partial charge on any atom is 0.330 e. The van der Waals surface area contributed by atoms with Crippen molar-refractivity contribution in [1.82, 2.24) is 9.55 Å². The molecule has 0 spiro atoms. The maximum absolute atomic E-state index is 12.3. The van der Waals surface area contributed by atoms with E-state index in [1.54, 1.807) is 0 Å². The van der Waals surface area contributed by atoms with Crippen molar-refractivity contribution in [3.8, 4) is 0 Å². The quantitative estimate of drug-likeness (QED) is 0.516. The lowest BCUT2D eigenvalue weighted by atomic mass is 10.1. The Kier molecular flexibility index (Phi) is 7.10. The number of carbonyl (C=O) groups is 2. The molecule has 1 aromatic rings. The third-order valence-corrected chi connectivity index (χ3v) is 9.93. The Bertz CT molecular complexity index is 901. The third-order valence-electron chi connectivity index (χ3n) is 5.43. The van der Waals surface area contributed by atoms with Gasteiger partial charge < -0.3 is 18.6 Å². The minimum absolute atomic E-state index is 0.0624. The first-order chi connectivity index (χ1) is 13.7. The molecular formula is C19H30N2O8Si. The molecule has 2 unspecified atom stereocenters. The van der Waals surface area contributed by atoms with E-state index in [0.29, 0.717) is 0 Å². The average Bonchev–Trinajstić information content (AvgIpc) is 2.88. The van der Waals surface area contributed by atoms with Crippen LogP contribution in [0.2, 0.25) is 18.1 Å². The van der Waals surface area contributed by atoms with Crippen molar-refractivity contribution in [3.63, 3.8) is 0 Å². The normalized spacial score (nSPS) is 24.5. The van der Waals surface area contributed by atoms with E-state index in [9.17, 15) is 19.2 Å². The van der Waals surface area contributed by atoms with Crippen molar-refractivity contribution >= 4 is 20.3 Å². The third kappa shape index (κ3) is 5.46. The van der Waals surface area contributed by atoms with Crippen molar-refractivity contribution in [3.05, 3.63) is 33.1 Å². The molecule has 1 N–H and O–H groups in total. The van der Waals surface area contributed by atoms with Gasteiger partial charge in [-0.05, 0) is 18.1 Å². The van der Waals surface area contributed by atoms with Crippen LogP contribution in [-0.2, 0) is 28.2 Å². The number of rotatable bonds is 6. The molecule has 0 amide bonds. The second kappa shape index (κ2) is 8.86. The zero-order chi connectivity index (χ0) is 22.9. The zero-order valence-corrected chi connectivity index (χ0v) is 19.4.